The number of fused-ring (bicyclic) bond motifs is 1. The van der Waals surface area contributed by atoms with Crippen LogP contribution in [0.1, 0.15) is 5.82 Å². The van der Waals surface area contributed by atoms with Crippen molar-refractivity contribution in [2.24, 2.45) is 5.73 Å². The molecule has 2 aromatic rings. The molecule has 0 radical (unpaired) electrons. The van der Waals surface area contributed by atoms with E-state index in [-0.39, 0.29) is 6.61 Å². The van der Waals surface area contributed by atoms with E-state index in [2.05, 4.69) is 15.0 Å². The number of carbonyl (C=O) groups is 1. The van der Waals surface area contributed by atoms with Gasteiger partial charge in [-0.1, -0.05) is 0 Å². The highest BCUT2D eigenvalue weighted by Crippen LogP contribution is 2.22. The van der Waals surface area contributed by atoms with Crippen molar-refractivity contribution in [3.05, 3.63) is 12.2 Å². The van der Waals surface area contributed by atoms with Gasteiger partial charge in [-0.3, -0.25) is 4.79 Å². The number of primary amides is 1. The summed E-state index contributed by atoms with van der Waals surface area (Å²) in [6.45, 7) is 0.682. The minimum atomic E-state index is -0.504. The molecule has 2 N–H and O–H groups in total. The second-order valence-corrected chi connectivity index (χ2v) is 4.57. The van der Waals surface area contributed by atoms with E-state index in [1.165, 1.54) is 13.4 Å². The molecule has 1 amide bonds. The van der Waals surface area contributed by atoms with Crippen LogP contribution in [0, 0.1) is 0 Å². The van der Waals surface area contributed by atoms with E-state index in [1.54, 1.807) is 0 Å². The number of imidazole rings is 1. The van der Waals surface area contributed by atoms with Crippen LogP contribution in [0.15, 0.2) is 6.33 Å². The summed E-state index contributed by atoms with van der Waals surface area (Å²) in [6.07, 6.45) is 1.99. The number of halogens is 1. The van der Waals surface area contributed by atoms with Gasteiger partial charge in [-0.15, -0.1) is 11.6 Å². The minimum absolute atomic E-state index is 0.115. The molecule has 8 nitrogen and oxygen atoms in total. The van der Waals surface area contributed by atoms with Crippen molar-refractivity contribution in [1.82, 2.24) is 19.5 Å². The zero-order valence-electron chi connectivity index (χ0n) is 11.6. The molecule has 0 atom stereocenters. The van der Waals surface area contributed by atoms with Gasteiger partial charge in [0.05, 0.1) is 13.7 Å². The summed E-state index contributed by atoms with van der Waals surface area (Å²) in [6, 6.07) is 0. The third-order valence-corrected chi connectivity index (χ3v) is 2.98. The van der Waals surface area contributed by atoms with E-state index < -0.39 is 5.91 Å². The Morgan fingerprint density at radius 2 is 2.29 bits per heavy atom. The van der Waals surface area contributed by atoms with Gasteiger partial charge in [-0.05, 0) is 0 Å². The lowest BCUT2D eigenvalue weighted by Crippen LogP contribution is -2.20. The quantitative estimate of drug-likeness (QED) is 0.548. The lowest BCUT2D eigenvalue weighted by atomic mass is 10.4. The second-order valence-electron chi connectivity index (χ2n) is 4.19. The molecule has 0 fully saturated rings. The number of rotatable bonds is 8. The van der Waals surface area contributed by atoms with Gasteiger partial charge in [0.1, 0.15) is 18.8 Å². The van der Waals surface area contributed by atoms with E-state index in [0.717, 1.165) is 5.82 Å². The van der Waals surface area contributed by atoms with Gasteiger partial charge < -0.3 is 19.8 Å². The van der Waals surface area contributed by atoms with Crippen molar-refractivity contribution >= 4 is 28.7 Å². The fourth-order valence-corrected chi connectivity index (χ4v) is 2.12. The van der Waals surface area contributed by atoms with Crippen LogP contribution < -0.4 is 10.5 Å². The van der Waals surface area contributed by atoms with Crippen molar-refractivity contribution in [3.8, 4) is 5.88 Å². The maximum atomic E-state index is 10.6. The Kier molecular flexibility index (Phi) is 5.29. The van der Waals surface area contributed by atoms with Gasteiger partial charge in [0.2, 0.25) is 11.8 Å². The van der Waals surface area contributed by atoms with Crippen LogP contribution in [0.25, 0.3) is 11.2 Å². The van der Waals surface area contributed by atoms with Gasteiger partial charge in [-0.25, -0.2) is 9.97 Å². The Labute approximate surface area is 126 Å². The second kappa shape index (κ2) is 7.19. The number of hydrogen-bond donors (Lipinski definition) is 1. The highest BCUT2D eigenvalue weighted by atomic mass is 35.5. The first-order valence-corrected chi connectivity index (χ1v) is 6.87. The first kappa shape index (κ1) is 15.5. The van der Waals surface area contributed by atoms with Gasteiger partial charge in [0.25, 0.3) is 0 Å². The molecule has 2 heterocycles. The topological polar surface area (TPSA) is 105 Å². The molecule has 0 aliphatic heterocycles. The molecule has 21 heavy (non-hydrogen) atoms. The van der Waals surface area contributed by atoms with E-state index >= 15 is 0 Å². The summed E-state index contributed by atoms with van der Waals surface area (Å²) in [5, 5.41) is 0. The third kappa shape index (κ3) is 3.59. The van der Waals surface area contributed by atoms with Crippen LogP contribution in [0.2, 0.25) is 0 Å². The van der Waals surface area contributed by atoms with E-state index in [1.807, 2.05) is 4.57 Å². The normalized spacial score (nSPS) is 11.0. The van der Waals surface area contributed by atoms with Crippen LogP contribution >= 0.6 is 11.6 Å². The summed E-state index contributed by atoms with van der Waals surface area (Å²) < 4.78 is 12.2. The Hall–Kier alpha value is -1.93. The monoisotopic (exact) mass is 313 g/mol. The van der Waals surface area contributed by atoms with Crippen LogP contribution in [0.4, 0.5) is 0 Å². The van der Waals surface area contributed by atoms with Gasteiger partial charge in [0.15, 0.2) is 11.2 Å². The number of amides is 1. The molecule has 0 unspecified atom stereocenters. The van der Waals surface area contributed by atoms with Crippen molar-refractivity contribution in [3.63, 3.8) is 0 Å². The Bertz CT molecular complexity index is 631. The fraction of sp³-hybridized carbons (Fsp3) is 0.500. The number of nitrogens with zero attached hydrogens (tertiary/aromatic N) is 4. The average Bonchev–Trinajstić information content (AvgIpc) is 2.81. The summed E-state index contributed by atoms with van der Waals surface area (Å²) in [7, 11) is 1.53. The van der Waals surface area contributed by atoms with Crippen LogP contribution in [-0.2, 0) is 22.5 Å². The highest BCUT2D eigenvalue weighted by Gasteiger charge is 2.15. The number of aryl methyl sites for hydroxylation is 1. The molecule has 2 aromatic heterocycles. The number of hydrogen-bond acceptors (Lipinski definition) is 6. The van der Waals surface area contributed by atoms with E-state index in [9.17, 15) is 4.79 Å². The zero-order chi connectivity index (χ0) is 15.2. The maximum absolute atomic E-state index is 10.6. The van der Waals surface area contributed by atoms with Crippen molar-refractivity contribution in [1.29, 1.82) is 0 Å². The molecule has 114 valence electrons. The minimum Gasteiger partial charge on any atom is -0.479 e. The number of methoxy groups -OCH3 is 1. The molecule has 0 spiro atoms. The molecule has 0 aromatic carbocycles. The fourth-order valence-electron chi connectivity index (χ4n) is 1.95. The van der Waals surface area contributed by atoms with Crippen LogP contribution in [0.5, 0.6) is 5.88 Å². The average molecular weight is 314 g/mol. The summed E-state index contributed by atoms with van der Waals surface area (Å²) >= 11 is 5.80. The van der Waals surface area contributed by atoms with Crippen molar-refractivity contribution in [2.75, 3.05) is 26.2 Å². The number of nitrogens with two attached hydrogens (primary N) is 1. The van der Waals surface area contributed by atoms with Gasteiger partial charge in [0, 0.05) is 18.8 Å². The number of aromatic nitrogens is 4. The molecular weight excluding hydrogens is 298 g/mol. The predicted molar refractivity (Wildman–Crippen MR) is 76.3 cm³/mol. The lowest BCUT2D eigenvalue weighted by molar-refractivity contribution is -0.122. The summed E-state index contributed by atoms with van der Waals surface area (Å²) in [5.74, 6) is 1.10. The van der Waals surface area contributed by atoms with E-state index in [0.29, 0.717) is 42.5 Å². The largest absolute Gasteiger partial charge is 0.479 e. The maximum Gasteiger partial charge on any atom is 0.245 e. The van der Waals surface area contributed by atoms with Crippen molar-refractivity contribution in [2.45, 2.75) is 13.0 Å². The van der Waals surface area contributed by atoms with Crippen molar-refractivity contribution < 1.29 is 14.3 Å². The summed E-state index contributed by atoms with van der Waals surface area (Å²) in [5.41, 5.74) is 6.24. The molecule has 0 aliphatic rings. The first-order chi connectivity index (χ1) is 10.2. The number of ether oxygens (including phenoxy) is 2. The summed E-state index contributed by atoms with van der Waals surface area (Å²) in [4.78, 5) is 23.4. The Morgan fingerprint density at radius 3 is 2.95 bits per heavy atom. The Morgan fingerprint density at radius 1 is 1.48 bits per heavy atom. The van der Waals surface area contributed by atoms with Crippen LogP contribution in [-0.4, -0.2) is 51.6 Å². The number of carbonyl (C=O) groups excluding carboxylic acids is 1. The smallest absolute Gasteiger partial charge is 0.245 e. The Balaban J connectivity index is 2.26. The van der Waals surface area contributed by atoms with Crippen LogP contribution in [0.3, 0.4) is 0 Å². The predicted octanol–water partition coefficient (Wildman–Crippen LogP) is 0.118. The lowest BCUT2D eigenvalue weighted by Gasteiger charge is -2.08. The number of alkyl halides is 1. The molecule has 0 bridgehead atoms. The molecular formula is C12H16ClN5O3. The first-order valence-electron chi connectivity index (χ1n) is 6.33. The molecule has 9 heteroatoms. The standard InChI is InChI=1S/C12H16ClN5O3/c1-20-12-10-11(15-7-16-12)18(9(17-10)2-3-13)4-5-21-6-8(14)19/h7H,2-6H2,1H3,(H2,14,19). The molecule has 0 saturated heterocycles. The van der Waals surface area contributed by atoms with E-state index in [4.69, 9.17) is 26.8 Å². The highest BCUT2D eigenvalue weighted by molar-refractivity contribution is 6.17. The third-order valence-electron chi connectivity index (χ3n) is 2.79. The molecule has 0 saturated carbocycles. The molecule has 2 rings (SSSR count). The SMILES string of the molecule is COc1ncnc2c1nc(CCCl)n2CCOCC(N)=O. The van der Waals surface area contributed by atoms with Gasteiger partial charge >= 0.3 is 0 Å². The zero-order valence-corrected chi connectivity index (χ0v) is 12.3. The van der Waals surface area contributed by atoms with Gasteiger partial charge in [-0.2, -0.15) is 4.98 Å². The molecule has 0 aliphatic carbocycles.